The first kappa shape index (κ1) is 37.4. The summed E-state index contributed by atoms with van der Waals surface area (Å²) < 4.78 is 5.40. The third-order valence-corrected chi connectivity index (χ3v) is 10.00. The van der Waals surface area contributed by atoms with Gasteiger partial charge >= 0.3 is 6.09 Å². The lowest BCUT2D eigenvalue weighted by molar-refractivity contribution is -0.158. The molecule has 15 nitrogen and oxygen atoms in total. The molecule has 1 unspecified atom stereocenters. The number of aliphatic hydroxyl groups excluding tert-OH is 1. The Morgan fingerprint density at radius 2 is 1.73 bits per heavy atom. The van der Waals surface area contributed by atoms with Gasteiger partial charge < -0.3 is 41.1 Å². The van der Waals surface area contributed by atoms with Crippen molar-refractivity contribution in [1.82, 2.24) is 20.0 Å². The number of likely N-dealkylation sites (N-methyl/N-ethyl adjacent to an activating group) is 2. The van der Waals surface area contributed by atoms with Crippen molar-refractivity contribution >= 4 is 29.5 Å². The number of hydrogen-bond donors (Lipinski definition) is 6. The van der Waals surface area contributed by atoms with Crippen LogP contribution < -0.4 is 11.1 Å². The van der Waals surface area contributed by atoms with Crippen molar-refractivity contribution in [3.63, 3.8) is 0 Å². The highest BCUT2D eigenvalue weighted by molar-refractivity contribution is 6.24. The van der Waals surface area contributed by atoms with Crippen LogP contribution in [0.1, 0.15) is 31.7 Å². The molecule has 0 heterocycles. The Morgan fingerprint density at radius 3 is 2.31 bits per heavy atom. The van der Waals surface area contributed by atoms with Crippen LogP contribution in [0.25, 0.3) is 0 Å². The van der Waals surface area contributed by atoms with E-state index in [9.17, 15) is 44.4 Å². The molecule has 0 saturated carbocycles. The molecule has 0 aliphatic heterocycles. The molecule has 0 radical (unpaired) electrons. The molecule has 5 rings (SSSR count). The van der Waals surface area contributed by atoms with Crippen molar-refractivity contribution in [2.45, 2.75) is 56.3 Å². The lowest BCUT2D eigenvalue weighted by Crippen LogP contribution is -2.62. The van der Waals surface area contributed by atoms with E-state index in [0.717, 1.165) is 11.6 Å². The topological polar surface area (TPSA) is 223 Å². The maximum Gasteiger partial charge on any atom is 0.410 e. The van der Waals surface area contributed by atoms with Gasteiger partial charge in [-0.3, -0.25) is 29.0 Å². The fourth-order valence-electron chi connectivity index (χ4n) is 7.67. The average Bonchev–Trinajstić information content (AvgIpc) is 3.05. The Bertz CT molecular complexity index is 1760. The number of carbonyl (C=O) groups is 5. The lowest BCUT2D eigenvalue weighted by Gasteiger charge is -2.50. The first-order valence-corrected chi connectivity index (χ1v) is 16.7. The maximum absolute atomic E-state index is 14.3. The van der Waals surface area contributed by atoms with Gasteiger partial charge in [-0.15, -0.1) is 0 Å². The van der Waals surface area contributed by atoms with Crippen LogP contribution in [0.3, 0.4) is 0 Å². The van der Waals surface area contributed by atoms with Crippen LogP contribution in [-0.4, -0.2) is 129 Å². The monoisotopic (exact) mass is 707 g/mol. The summed E-state index contributed by atoms with van der Waals surface area (Å²) in [6.45, 7) is 1.51. The van der Waals surface area contributed by atoms with Crippen LogP contribution in [0.15, 0.2) is 76.2 Å². The smallest absolute Gasteiger partial charge is 0.410 e. The number of fused-ring (bicyclic) bond motifs is 2. The summed E-state index contributed by atoms with van der Waals surface area (Å²) >= 11 is 0. The number of hydrogen-bond acceptors (Lipinski definition) is 12. The summed E-state index contributed by atoms with van der Waals surface area (Å²) in [5.74, 6) is -9.12. The molecule has 51 heavy (non-hydrogen) atoms. The number of rotatable bonds is 10. The number of nitrogens with one attached hydrogen (secondary N) is 1. The summed E-state index contributed by atoms with van der Waals surface area (Å²) in [5.41, 5.74) is 3.20. The van der Waals surface area contributed by atoms with Gasteiger partial charge in [-0.05, 0) is 62.6 Å². The van der Waals surface area contributed by atoms with E-state index in [1.54, 1.807) is 62.3 Å². The molecule has 0 fully saturated rings. The Kier molecular flexibility index (Phi) is 10.3. The number of amides is 3. The molecule has 15 heteroatoms. The van der Waals surface area contributed by atoms with E-state index < -0.39 is 88.2 Å². The number of benzene rings is 1. The molecule has 5 atom stereocenters. The second kappa shape index (κ2) is 14.1. The Morgan fingerprint density at radius 1 is 1.06 bits per heavy atom. The molecule has 0 spiro atoms. The first-order chi connectivity index (χ1) is 23.9. The lowest BCUT2D eigenvalue weighted by atomic mass is 9.58. The quantitative estimate of drug-likeness (QED) is 0.140. The van der Waals surface area contributed by atoms with Crippen LogP contribution in [0.4, 0.5) is 4.79 Å². The minimum atomic E-state index is -2.95. The van der Waals surface area contributed by atoms with E-state index >= 15 is 0 Å². The van der Waals surface area contributed by atoms with Gasteiger partial charge in [0.25, 0.3) is 5.91 Å². The van der Waals surface area contributed by atoms with Crippen molar-refractivity contribution in [2.24, 2.45) is 17.6 Å². The third kappa shape index (κ3) is 6.69. The molecule has 4 aliphatic rings. The highest BCUT2D eigenvalue weighted by Crippen LogP contribution is 2.52. The highest BCUT2D eigenvalue weighted by atomic mass is 16.6. The van der Waals surface area contributed by atoms with Crippen LogP contribution in [0.5, 0.6) is 0 Å². The minimum absolute atomic E-state index is 0.0100. The standard InChI is InChI=1S/C36H45N5O10/c1-6-12-41(34(47)51-18-19-10-8-7-9-11-19)17-26(42)38-25-15-24(39(2)3)21-13-20-14-23-29(40(4)5)31(44)27(33(37)46)32(45)35(23,48)16-22(20)30(43)28(21)36(25,49)50/h7-11,15-16,20,23,25,29,44,48-50H,6,12-14,17-18H2,1-5H3,(H2,37,46)(H,38,42)/t20-,23-,25?,29-,35-/m0/s1. The predicted molar refractivity (Wildman–Crippen MR) is 182 cm³/mol. The van der Waals surface area contributed by atoms with Gasteiger partial charge in [0.2, 0.25) is 17.5 Å². The van der Waals surface area contributed by atoms with Gasteiger partial charge in [0, 0.05) is 37.8 Å². The van der Waals surface area contributed by atoms with Gasteiger partial charge in [0.1, 0.15) is 30.5 Å². The number of ether oxygens (including phenoxy) is 1. The molecule has 7 N–H and O–H groups in total. The van der Waals surface area contributed by atoms with Crippen molar-refractivity contribution in [2.75, 3.05) is 41.3 Å². The van der Waals surface area contributed by atoms with Crippen LogP contribution in [0, 0.1) is 11.8 Å². The number of primary amides is 1. The minimum Gasteiger partial charge on any atom is -0.510 e. The van der Waals surface area contributed by atoms with Gasteiger partial charge in [0.15, 0.2) is 11.4 Å². The zero-order valence-electron chi connectivity index (χ0n) is 29.3. The number of Topliss-reactive ketones (excluding diaryl/α,β-unsaturated/α-hetero) is 2. The maximum atomic E-state index is 14.3. The number of carbonyl (C=O) groups excluding carboxylic acids is 5. The number of allylic oxidation sites excluding steroid dienone is 2. The number of aliphatic hydroxyl groups is 4. The van der Waals surface area contributed by atoms with Gasteiger partial charge in [-0.25, -0.2) is 4.79 Å². The van der Waals surface area contributed by atoms with Crippen molar-refractivity contribution in [3.8, 4) is 0 Å². The summed E-state index contributed by atoms with van der Waals surface area (Å²) in [6, 6.07) is 6.46. The summed E-state index contributed by atoms with van der Waals surface area (Å²) in [6.07, 6.45) is 2.36. The largest absolute Gasteiger partial charge is 0.510 e. The SMILES string of the molecule is CCCN(CC(=O)NC1C=C(N(C)C)C2=C(C(=O)C3=C[C@@]4(O)C(=O)C(C(N)=O)=C(O)[C@@H](N(C)C)[C@@H]4C[C@@H]3C2)C1(O)O)C(=O)OCc1ccccc1. The highest BCUT2D eigenvalue weighted by Gasteiger charge is 2.60. The second-order valence-corrected chi connectivity index (χ2v) is 13.9. The Hall–Kier alpha value is -4.83. The van der Waals surface area contributed by atoms with Gasteiger partial charge in [-0.1, -0.05) is 37.3 Å². The van der Waals surface area contributed by atoms with Crippen molar-refractivity contribution in [1.29, 1.82) is 0 Å². The second-order valence-electron chi connectivity index (χ2n) is 13.9. The van der Waals surface area contributed by atoms with E-state index in [1.165, 1.54) is 11.0 Å². The fourth-order valence-corrected chi connectivity index (χ4v) is 7.67. The van der Waals surface area contributed by atoms with Crippen LogP contribution in [0.2, 0.25) is 0 Å². The molecule has 0 bridgehead atoms. The number of nitrogens with zero attached hydrogens (tertiary/aromatic N) is 3. The molecule has 3 amide bonds. The normalized spacial score (nSPS) is 26.8. The van der Waals surface area contributed by atoms with E-state index in [4.69, 9.17) is 10.5 Å². The zero-order chi connectivity index (χ0) is 37.6. The van der Waals surface area contributed by atoms with Crippen LogP contribution in [-0.2, 0) is 30.5 Å². The van der Waals surface area contributed by atoms with E-state index in [1.807, 2.05) is 13.0 Å². The molecular formula is C36H45N5O10. The fraction of sp³-hybridized carbons (Fsp3) is 0.472. The van der Waals surface area contributed by atoms with Crippen molar-refractivity contribution in [3.05, 3.63) is 81.8 Å². The molecule has 0 aromatic heterocycles. The number of ketones is 2. The molecular weight excluding hydrogens is 662 g/mol. The van der Waals surface area contributed by atoms with Gasteiger partial charge in [-0.2, -0.15) is 0 Å². The zero-order valence-corrected chi connectivity index (χ0v) is 29.3. The van der Waals surface area contributed by atoms with Crippen LogP contribution >= 0.6 is 0 Å². The predicted octanol–water partition coefficient (Wildman–Crippen LogP) is 0.0333. The third-order valence-electron chi connectivity index (χ3n) is 10.00. The Balaban J connectivity index is 1.43. The van der Waals surface area contributed by atoms with E-state index in [0.29, 0.717) is 17.7 Å². The molecule has 4 aliphatic carbocycles. The molecule has 1 aromatic carbocycles. The van der Waals surface area contributed by atoms with E-state index in [2.05, 4.69) is 5.32 Å². The Labute approximate surface area is 295 Å². The average molecular weight is 708 g/mol. The van der Waals surface area contributed by atoms with Crippen molar-refractivity contribution < 1.29 is 49.1 Å². The van der Waals surface area contributed by atoms with Gasteiger partial charge in [0.05, 0.1) is 11.6 Å². The number of nitrogens with two attached hydrogens (primary N) is 1. The first-order valence-electron chi connectivity index (χ1n) is 16.7. The summed E-state index contributed by atoms with van der Waals surface area (Å²) in [7, 11) is 6.58. The summed E-state index contributed by atoms with van der Waals surface area (Å²) in [5, 5.41) is 48.7. The molecule has 274 valence electrons. The van der Waals surface area contributed by atoms with E-state index in [-0.39, 0.29) is 31.6 Å². The molecule has 0 saturated heterocycles. The summed E-state index contributed by atoms with van der Waals surface area (Å²) in [4.78, 5) is 70.8. The molecule has 1 aromatic rings.